The fourth-order valence-electron chi connectivity index (χ4n) is 7.17. The number of hydrogen-bond donors (Lipinski definition) is 3. The molecule has 0 aromatic heterocycles. The minimum absolute atomic E-state index is 0.00688. The molecule has 378 valence electrons. The average Bonchev–Trinajstić information content (AvgIpc) is 3.29. The maximum atomic E-state index is 12.7. The van der Waals surface area contributed by atoms with Gasteiger partial charge in [-0.1, -0.05) is 203 Å². The highest BCUT2D eigenvalue weighted by molar-refractivity contribution is 7.47. The smallest absolute Gasteiger partial charge is 0.472 e. The van der Waals surface area contributed by atoms with E-state index < -0.39 is 45.1 Å². The summed E-state index contributed by atoms with van der Waals surface area (Å²) in [7, 11) is -4.63. The first-order valence-electron chi connectivity index (χ1n) is 26.3. The average molecular weight is 936 g/mol. The molecule has 0 saturated carbocycles. The number of carbonyl (C=O) groups excluding carboxylic acids is 1. The summed E-state index contributed by atoms with van der Waals surface area (Å²) in [6, 6.07) is -1.48. The Bertz CT molecular complexity index is 1270. The van der Waals surface area contributed by atoms with E-state index in [-0.39, 0.29) is 13.0 Å². The molecule has 0 aliphatic carbocycles. The number of hydrogen-bond acceptors (Lipinski definition) is 8. The molecule has 0 aliphatic heterocycles. The predicted molar refractivity (Wildman–Crippen MR) is 272 cm³/mol. The molecule has 65 heavy (non-hydrogen) atoms. The summed E-state index contributed by atoms with van der Waals surface area (Å²) in [6.45, 7) is 3.85. The van der Waals surface area contributed by atoms with Crippen molar-refractivity contribution < 1.29 is 42.7 Å². The van der Waals surface area contributed by atoms with Gasteiger partial charge in [0.15, 0.2) is 0 Å². The first-order valence-corrected chi connectivity index (χ1v) is 27.8. The Hall–Kier alpha value is -2.33. The quantitative estimate of drug-likeness (QED) is 0.0232. The lowest BCUT2D eigenvalue weighted by Gasteiger charge is -2.20. The van der Waals surface area contributed by atoms with Gasteiger partial charge in [-0.05, 0) is 83.5 Å². The highest BCUT2D eigenvalue weighted by atomic mass is 31.2. The highest BCUT2D eigenvalue weighted by Gasteiger charge is 2.27. The second-order valence-corrected chi connectivity index (χ2v) is 19.1. The van der Waals surface area contributed by atoms with Crippen LogP contribution in [-0.4, -0.2) is 60.5 Å². The molecule has 0 radical (unpaired) electrons. The molecule has 3 unspecified atom stereocenters. The molecule has 0 rings (SSSR count). The van der Waals surface area contributed by atoms with Crippen molar-refractivity contribution in [3.05, 3.63) is 60.8 Å². The number of aliphatic carboxylic acids is 1. The molecular formula is C54H98NO9P. The Kier molecular flexibility index (Phi) is 47.8. The van der Waals surface area contributed by atoms with Crippen LogP contribution in [0.4, 0.5) is 0 Å². The van der Waals surface area contributed by atoms with Gasteiger partial charge in [-0.2, -0.15) is 0 Å². The lowest BCUT2D eigenvalue weighted by atomic mass is 10.1. The van der Waals surface area contributed by atoms with Crippen molar-refractivity contribution in [1.82, 2.24) is 0 Å². The number of phosphoric ester groups is 1. The number of esters is 1. The van der Waals surface area contributed by atoms with Gasteiger partial charge in [0.05, 0.1) is 19.8 Å². The number of carboxylic acid groups (broad SMARTS) is 1. The molecule has 0 bridgehead atoms. The molecule has 11 heteroatoms. The molecule has 0 aromatic rings. The zero-order chi connectivity index (χ0) is 47.6. The summed E-state index contributed by atoms with van der Waals surface area (Å²) in [6.07, 6.45) is 61.3. The van der Waals surface area contributed by atoms with Crippen molar-refractivity contribution >= 4 is 19.8 Å². The molecule has 0 heterocycles. The predicted octanol–water partition coefficient (Wildman–Crippen LogP) is 15.5. The van der Waals surface area contributed by atoms with Crippen LogP contribution in [-0.2, 0) is 32.7 Å². The molecule has 10 nitrogen and oxygen atoms in total. The van der Waals surface area contributed by atoms with E-state index >= 15 is 0 Å². The van der Waals surface area contributed by atoms with Crippen molar-refractivity contribution in [2.24, 2.45) is 5.73 Å². The topological polar surface area (TPSA) is 155 Å². The van der Waals surface area contributed by atoms with Gasteiger partial charge in [-0.15, -0.1) is 0 Å². The summed E-state index contributed by atoms with van der Waals surface area (Å²) in [5.74, 6) is -1.79. The van der Waals surface area contributed by atoms with Crippen molar-refractivity contribution in [3.63, 3.8) is 0 Å². The Labute approximate surface area is 398 Å². The number of allylic oxidation sites excluding steroid dienone is 10. The van der Waals surface area contributed by atoms with E-state index in [2.05, 4.69) is 74.6 Å². The summed E-state index contributed by atoms with van der Waals surface area (Å²) in [5.41, 5.74) is 5.38. The van der Waals surface area contributed by atoms with E-state index in [1.54, 1.807) is 0 Å². The zero-order valence-corrected chi connectivity index (χ0v) is 42.5. The summed E-state index contributed by atoms with van der Waals surface area (Å²) >= 11 is 0. The molecular weight excluding hydrogens is 838 g/mol. The number of nitrogens with two attached hydrogens (primary N) is 1. The van der Waals surface area contributed by atoms with Gasteiger partial charge >= 0.3 is 19.8 Å². The largest absolute Gasteiger partial charge is 0.480 e. The van der Waals surface area contributed by atoms with Gasteiger partial charge in [0.25, 0.3) is 0 Å². The van der Waals surface area contributed by atoms with Crippen LogP contribution >= 0.6 is 7.82 Å². The first-order chi connectivity index (χ1) is 31.7. The fraction of sp³-hybridized carbons (Fsp3) is 0.778. The van der Waals surface area contributed by atoms with Crippen LogP contribution in [0.2, 0.25) is 0 Å². The van der Waals surface area contributed by atoms with Gasteiger partial charge in [0.1, 0.15) is 12.1 Å². The Morgan fingerprint density at radius 1 is 0.492 bits per heavy atom. The van der Waals surface area contributed by atoms with E-state index in [9.17, 15) is 19.0 Å². The summed E-state index contributed by atoms with van der Waals surface area (Å²) < 4.78 is 33.5. The monoisotopic (exact) mass is 936 g/mol. The molecule has 0 aliphatic rings. The molecule has 0 aromatic carbocycles. The maximum Gasteiger partial charge on any atom is 0.472 e. The van der Waals surface area contributed by atoms with Gasteiger partial charge < -0.3 is 25.2 Å². The molecule has 0 amide bonds. The van der Waals surface area contributed by atoms with Gasteiger partial charge in [0, 0.05) is 13.0 Å². The van der Waals surface area contributed by atoms with Gasteiger partial charge in [-0.3, -0.25) is 18.6 Å². The third-order valence-electron chi connectivity index (χ3n) is 11.3. The Morgan fingerprint density at radius 2 is 0.846 bits per heavy atom. The van der Waals surface area contributed by atoms with E-state index in [0.717, 1.165) is 70.6 Å². The SMILES string of the molecule is CCCCCCC/C=C\C/C=C\C/C=C\CCCCCCCCCOCC(COP(=O)(O)OCC(N)C(=O)O)OC(=O)CCCCCCCCCCC/C=C\C/C=C\CCCCCCC. The second kappa shape index (κ2) is 49.6. The number of rotatable bonds is 50. The summed E-state index contributed by atoms with van der Waals surface area (Å²) in [5, 5.41) is 8.94. The first kappa shape index (κ1) is 62.7. The van der Waals surface area contributed by atoms with Crippen LogP contribution in [0.5, 0.6) is 0 Å². The van der Waals surface area contributed by atoms with Crippen molar-refractivity contribution in [1.29, 1.82) is 0 Å². The standard InChI is InChI=1S/C54H98NO9P/c1-3-5-7-9-11-13-15-17-19-21-23-25-27-29-31-33-35-37-39-41-43-45-47-61-48-51(49-62-65(59,60)63-50-52(55)54(57)58)64-53(56)46-44-42-40-38-36-34-32-30-28-26-24-22-20-18-16-14-12-10-8-6-4-2/h15-18,21-24,27,29,51-52H,3-14,19-20,25-26,28,30-50,55H2,1-2H3,(H,57,58)(H,59,60)/b17-15-,18-16-,23-21-,24-22-,29-27-. The van der Waals surface area contributed by atoms with Crippen LogP contribution in [0.1, 0.15) is 232 Å². The van der Waals surface area contributed by atoms with Gasteiger partial charge in [0.2, 0.25) is 0 Å². The lowest BCUT2D eigenvalue weighted by Crippen LogP contribution is -2.34. The van der Waals surface area contributed by atoms with Crippen LogP contribution in [0.25, 0.3) is 0 Å². The van der Waals surface area contributed by atoms with Crippen molar-refractivity contribution in [2.75, 3.05) is 26.4 Å². The van der Waals surface area contributed by atoms with E-state index in [1.807, 2.05) is 0 Å². The number of carbonyl (C=O) groups is 2. The maximum absolute atomic E-state index is 12.7. The normalized spacial score (nSPS) is 14.2. The van der Waals surface area contributed by atoms with Crippen molar-refractivity contribution in [3.8, 4) is 0 Å². The Balaban J connectivity index is 4.17. The zero-order valence-electron chi connectivity index (χ0n) is 41.6. The van der Waals surface area contributed by atoms with E-state index in [4.69, 9.17) is 29.4 Å². The van der Waals surface area contributed by atoms with E-state index in [1.165, 1.54) is 135 Å². The van der Waals surface area contributed by atoms with Crippen LogP contribution in [0.3, 0.4) is 0 Å². The van der Waals surface area contributed by atoms with Crippen LogP contribution in [0.15, 0.2) is 60.8 Å². The second-order valence-electron chi connectivity index (χ2n) is 17.6. The minimum Gasteiger partial charge on any atom is -0.480 e. The third kappa shape index (κ3) is 49.4. The number of unbranched alkanes of at least 4 members (excludes halogenated alkanes) is 26. The number of carboxylic acids is 1. The minimum atomic E-state index is -4.63. The fourth-order valence-corrected chi connectivity index (χ4v) is 7.95. The molecule has 0 saturated heterocycles. The third-order valence-corrected chi connectivity index (χ3v) is 12.2. The number of phosphoric acid groups is 1. The van der Waals surface area contributed by atoms with Gasteiger partial charge in [-0.25, -0.2) is 4.57 Å². The van der Waals surface area contributed by atoms with Crippen LogP contribution < -0.4 is 5.73 Å². The number of ether oxygens (including phenoxy) is 2. The van der Waals surface area contributed by atoms with Crippen molar-refractivity contribution in [2.45, 2.75) is 244 Å². The molecule has 0 fully saturated rings. The Morgan fingerprint density at radius 3 is 1.26 bits per heavy atom. The highest BCUT2D eigenvalue weighted by Crippen LogP contribution is 2.43. The molecule has 4 N–H and O–H groups in total. The molecule has 3 atom stereocenters. The molecule has 0 spiro atoms. The lowest BCUT2D eigenvalue weighted by molar-refractivity contribution is -0.154. The van der Waals surface area contributed by atoms with E-state index in [0.29, 0.717) is 13.0 Å². The van der Waals surface area contributed by atoms with Crippen LogP contribution in [0, 0.1) is 0 Å². The summed E-state index contributed by atoms with van der Waals surface area (Å²) in [4.78, 5) is 33.7.